The average Bonchev–Trinajstić information content (AvgIpc) is 3.11. The van der Waals surface area contributed by atoms with Gasteiger partial charge in [0.2, 0.25) is 0 Å². The van der Waals surface area contributed by atoms with Crippen molar-refractivity contribution in [3.63, 3.8) is 0 Å². The molecule has 0 unspecified atom stereocenters. The molecule has 3 aromatic heterocycles. The molecule has 5 N–H and O–H groups in total. The fraction of sp³-hybridized carbons (Fsp3) is 0. The molecular weight excluding hydrogens is 224 g/mol. The second-order valence-electron chi connectivity index (χ2n) is 4.04. The zero-order valence-corrected chi connectivity index (χ0v) is 9.77. The molecule has 3 rings (SSSR count). The molecule has 0 aliphatic rings. The third-order valence-electron chi connectivity index (χ3n) is 2.88. The molecule has 0 aliphatic heterocycles. The molecule has 0 radical (unpaired) electrons. The topological polar surface area (TPSA) is 73.4 Å². The highest BCUT2D eigenvalue weighted by molar-refractivity contribution is 5.76. The quantitative estimate of drug-likeness (QED) is 0.556. The number of rotatable bonds is 3. The van der Waals surface area contributed by atoms with Gasteiger partial charge in [-0.15, -0.1) is 0 Å². The fourth-order valence-corrected chi connectivity index (χ4v) is 2.06. The van der Waals surface area contributed by atoms with Crippen LogP contribution in [0.2, 0.25) is 0 Å². The van der Waals surface area contributed by atoms with Gasteiger partial charge >= 0.3 is 0 Å². The van der Waals surface area contributed by atoms with E-state index in [9.17, 15) is 0 Å². The summed E-state index contributed by atoms with van der Waals surface area (Å²) in [5, 5.41) is 0. The van der Waals surface area contributed by atoms with E-state index in [4.69, 9.17) is 5.73 Å². The van der Waals surface area contributed by atoms with Crippen molar-refractivity contribution in [2.75, 3.05) is 0 Å². The van der Waals surface area contributed by atoms with Gasteiger partial charge in [0.25, 0.3) is 0 Å². The zero-order chi connectivity index (χ0) is 12.4. The van der Waals surface area contributed by atoms with Crippen LogP contribution in [0.1, 0.15) is 5.56 Å². The van der Waals surface area contributed by atoms with Crippen LogP contribution in [-0.4, -0.2) is 15.0 Å². The van der Waals surface area contributed by atoms with Crippen molar-refractivity contribution in [3.05, 3.63) is 54.5 Å². The van der Waals surface area contributed by atoms with Crippen LogP contribution in [0.3, 0.4) is 0 Å². The molecule has 0 aromatic carbocycles. The molecule has 4 heteroatoms. The first kappa shape index (κ1) is 10.5. The molecule has 0 atom stereocenters. The number of H-pyrrole nitrogens is 3. The van der Waals surface area contributed by atoms with E-state index in [1.54, 1.807) is 6.20 Å². The van der Waals surface area contributed by atoms with Crippen LogP contribution in [0, 0.1) is 0 Å². The normalized spacial score (nSPS) is 11.3. The first-order valence-electron chi connectivity index (χ1n) is 5.77. The Bertz CT molecular complexity index is 642. The lowest BCUT2D eigenvalue weighted by Crippen LogP contribution is -1.82. The molecule has 0 bridgehead atoms. The molecule has 0 amide bonds. The molecule has 0 saturated carbocycles. The Labute approximate surface area is 105 Å². The largest absolute Gasteiger partial charge is 0.405 e. The van der Waals surface area contributed by atoms with Crippen molar-refractivity contribution in [3.8, 4) is 22.8 Å². The van der Waals surface area contributed by atoms with Crippen LogP contribution >= 0.6 is 0 Å². The SMILES string of the molecule is N/C=C/c1cc(-c2ccc[nH]2)[nH]c1-c1ccc[nH]1. The lowest BCUT2D eigenvalue weighted by molar-refractivity contribution is 1.30. The van der Waals surface area contributed by atoms with Gasteiger partial charge < -0.3 is 20.7 Å². The van der Waals surface area contributed by atoms with Crippen molar-refractivity contribution < 1.29 is 0 Å². The van der Waals surface area contributed by atoms with E-state index in [-0.39, 0.29) is 0 Å². The van der Waals surface area contributed by atoms with E-state index in [0.717, 1.165) is 28.3 Å². The lowest BCUT2D eigenvalue weighted by atomic mass is 10.2. The molecular formula is C14H14N4. The Hall–Kier alpha value is -2.62. The average molecular weight is 238 g/mol. The molecule has 3 aromatic rings. The first-order valence-corrected chi connectivity index (χ1v) is 5.77. The van der Waals surface area contributed by atoms with E-state index in [1.165, 1.54) is 0 Å². The van der Waals surface area contributed by atoms with Crippen molar-refractivity contribution in [1.29, 1.82) is 0 Å². The summed E-state index contributed by atoms with van der Waals surface area (Å²) in [6.45, 7) is 0. The van der Waals surface area contributed by atoms with Crippen molar-refractivity contribution in [1.82, 2.24) is 15.0 Å². The Balaban J connectivity index is 2.13. The summed E-state index contributed by atoms with van der Waals surface area (Å²) in [4.78, 5) is 9.78. The van der Waals surface area contributed by atoms with Crippen molar-refractivity contribution >= 4 is 6.08 Å². The summed E-state index contributed by atoms with van der Waals surface area (Å²) in [7, 11) is 0. The van der Waals surface area contributed by atoms with Crippen LogP contribution in [0.4, 0.5) is 0 Å². The van der Waals surface area contributed by atoms with E-state index in [1.807, 2.05) is 42.7 Å². The number of nitrogens with one attached hydrogen (secondary N) is 3. The van der Waals surface area contributed by atoms with E-state index < -0.39 is 0 Å². The Kier molecular flexibility index (Phi) is 2.53. The summed E-state index contributed by atoms with van der Waals surface area (Å²) in [5.74, 6) is 0. The first-order chi connectivity index (χ1) is 8.88. The Morgan fingerprint density at radius 3 is 2.28 bits per heavy atom. The molecule has 0 fully saturated rings. The highest BCUT2D eigenvalue weighted by Gasteiger charge is 2.10. The third kappa shape index (κ3) is 1.73. The molecule has 90 valence electrons. The summed E-state index contributed by atoms with van der Waals surface area (Å²) in [6, 6.07) is 10.1. The maximum Gasteiger partial charge on any atom is 0.0698 e. The highest BCUT2D eigenvalue weighted by atomic mass is 14.8. The smallest absolute Gasteiger partial charge is 0.0698 e. The number of aromatic nitrogens is 3. The summed E-state index contributed by atoms with van der Waals surface area (Å²) < 4.78 is 0. The van der Waals surface area contributed by atoms with E-state index in [0.29, 0.717) is 0 Å². The number of hydrogen-bond acceptors (Lipinski definition) is 1. The van der Waals surface area contributed by atoms with Gasteiger partial charge in [-0.1, -0.05) is 0 Å². The maximum absolute atomic E-state index is 5.50. The van der Waals surface area contributed by atoms with Crippen LogP contribution in [0.15, 0.2) is 48.9 Å². The standard InChI is InChI=1S/C14H14N4/c15-6-5-10-9-13(11-3-1-7-16-11)18-14(10)12-4-2-8-17-12/h1-9,16-18H,15H2/b6-5+. The Morgan fingerprint density at radius 2 is 1.67 bits per heavy atom. The van der Waals surface area contributed by atoms with E-state index >= 15 is 0 Å². The minimum absolute atomic E-state index is 1.03. The van der Waals surface area contributed by atoms with Crippen molar-refractivity contribution in [2.24, 2.45) is 5.73 Å². The van der Waals surface area contributed by atoms with Gasteiger partial charge in [0, 0.05) is 18.0 Å². The number of nitrogens with two attached hydrogens (primary N) is 1. The second kappa shape index (κ2) is 4.33. The zero-order valence-electron chi connectivity index (χ0n) is 9.77. The molecule has 3 heterocycles. The van der Waals surface area contributed by atoms with Gasteiger partial charge in [0.05, 0.1) is 22.8 Å². The molecule has 0 aliphatic carbocycles. The minimum atomic E-state index is 1.03. The van der Waals surface area contributed by atoms with Crippen LogP contribution in [0.25, 0.3) is 28.9 Å². The van der Waals surface area contributed by atoms with Gasteiger partial charge in [0.1, 0.15) is 0 Å². The predicted octanol–water partition coefficient (Wildman–Crippen LogP) is 2.93. The second-order valence-corrected chi connectivity index (χ2v) is 4.04. The van der Waals surface area contributed by atoms with E-state index in [2.05, 4.69) is 21.0 Å². The maximum atomic E-state index is 5.50. The van der Waals surface area contributed by atoms with Crippen LogP contribution in [0.5, 0.6) is 0 Å². The van der Waals surface area contributed by atoms with Crippen LogP contribution < -0.4 is 5.73 Å². The molecule has 0 spiro atoms. The Morgan fingerprint density at radius 1 is 0.944 bits per heavy atom. The van der Waals surface area contributed by atoms with Gasteiger partial charge in [-0.2, -0.15) is 0 Å². The number of aromatic amines is 3. The minimum Gasteiger partial charge on any atom is -0.405 e. The van der Waals surface area contributed by atoms with Gasteiger partial charge in [0.15, 0.2) is 0 Å². The van der Waals surface area contributed by atoms with Crippen molar-refractivity contribution in [2.45, 2.75) is 0 Å². The van der Waals surface area contributed by atoms with Gasteiger partial charge in [-0.25, -0.2) is 0 Å². The van der Waals surface area contributed by atoms with Crippen LogP contribution in [-0.2, 0) is 0 Å². The van der Waals surface area contributed by atoms with Gasteiger partial charge in [-0.3, -0.25) is 0 Å². The molecule has 4 nitrogen and oxygen atoms in total. The third-order valence-corrected chi connectivity index (χ3v) is 2.88. The monoisotopic (exact) mass is 238 g/mol. The molecule has 0 saturated heterocycles. The summed E-state index contributed by atoms with van der Waals surface area (Å²) in [6.07, 6.45) is 7.25. The van der Waals surface area contributed by atoms with Gasteiger partial charge in [-0.05, 0) is 42.6 Å². The fourth-order valence-electron chi connectivity index (χ4n) is 2.06. The lowest BCUT2D eigenvalue weighted by Gasteiger charge is -1.96. The summed E-state index contributed by atoms with van der Waals surface area (Å²) >= 11 is 0. The summed E-state index contributed by atoms with van der Waals surface area (Å²) in [5.41, 5.74) is 10.7. The number of hydrogen-bond donors (Lipinski definition) is 4. The highest BCUT2D eigenvalue weighted by Crippen LogP contribution is 2.28. The molecule has 18 heavy (non-hydrogen) atoms. The predicted molar refractivity (Wildman–Crippen MR) is 73.6 cm³/mol.